The molecule has 17 heavy (non-hydrogen) atoms. The van der Waals surface area contributed by atoms with Gasteiger partial charge in [0, 0.05) is 18.5 Å². The van der Waals surface area contributed by atoms with Crippen molar-refractivity contribution in [3.05, 3.63) is 34.3 Å². The second-order valence-electron chi connectivity index (χ2n) is 4.22. The summed E-state index contributed by atoms with van der Waals surface area (Å²) < 4.78 is 0. The summed E-state index contributed by atoms with van der Waals surface area (Å²) in [5.74, 6) is 0.363. The first-order valence-corrected chi connectivity index (χ1v) is 6.52. The van der Waals surface area contributed by atoms with E-state index in [1.54, 1.807) is 11.0 Å². The number of aryl methyl sites for hydroxylation is 1. The molecule has 0 unspecified atom stereocenters. The zero-order chi connectivity index (χ0) is 13.0. The number of carbonyl (C=O) groups excluding carboxylic acids is 1. The third kappa shape index (κ3) is 3.36. The van der Waals surface area contributed by atoms with Crippen LogP contribution >= 0.6 is 23.2 Å². The van der Waals surface area contributed by atoms with Crippen molar-refractivity contribution in [3.8, 4) is 0 Å². The van der Waals surface area contributed by atoms with Gasteiger partial charge < -0.3 is 4.90 Å². The fourth-order valence-corrected chi connectivity index (χ4v) is 2.04. The van der Waals surface area contributed by atoms with E-state index in [-0.39, 0.29) is 11.9 Å². The molecule has 1 rings (SSSR count). The molecular weight excluding hydrogens is 257 g/mol. The first-order valence-electron chi connectivity index (χ1n) is 5.61. The quantitative estimate of drug-likeness (QED) is 0.766. The largest absolute Gasteiger partial charge is 0.335 e. The smallest absolute Gasteiger partial charge is 0.255 e. The van der Waals surface area contributed by atoms with Crippen LogP contribution in [0.5, 0.6) is 0 Å². The average molecular weight is 274 g/mol. The van der Waals surface area contributed by atoms with Gasteiger partial charge in [-0.25, -0.2) is 0 Å². The van der Waals surface area contributed by atoms with E-state index < -0.39 is 0 Å². The molecule has 1 amide bonds. The van der Waals surface area contributed by atoms with Gasteiger partial charge in [-0.1, -0.05) is 23.7 Å². The summed E-state index contributed by atoms with van der Waals surface area (Å²) in [6, 6.07) is 5.59. The van der Waals surface area contributed by atoms with E-state index in [9.17, 15) is 4.79 Å². The molecule has 0 fully saturated rings. The van der Waals surface area contributed by atoms with Crippen molar-refractivity contribution in [3.63, 3.8) is 0 Å². The molecule has 0 saturated heterocycles. The van der Waals surface area contributed by atoms with E-state index in [1.807, 2.05) is 32.9 Å². The number of amides is 1. The summed E-state index contributed by atoms with van der Waals surface area (Å²) in [6.45, 7) is 6.35. The number of alkyl halides is 1. The second-order valence-corrected chi connectivity index (χ2v) is 4.97. The first-order chi connectivity index (χ1) is 7.99. The predicted molar refractivity (Wildman–Crippen MR) is 73.1 cm³/mol. The van der Waals surface area contributed by atoms with E-state index in [1.165, 1.54) is 0 Å². The molecule has 2 nitrogen and oxygen atoms in total. The monoisotopic (exact) mass is 273 g/mol. The van der Waals surface area contributed by atoms with Gasteiger partial charge in [0.1, 0.15) is 0 Å². The zero-order valence-corrected chi connectivity index (χ0v) is 11.8. The highest BCUT2D eigenvalue weighted by molar-refractivity contribution is 6.34. The number of carbonyl (C=O) groups is 1. The molecule has 0 heterocycles. The lowest BCUT2D eigenvalue weighted by Crippen LogP contribution is -2.38. The van der Waals surface area contributed by atoms with Crippen molar-refractivity contribution < 1.29 is 4.79 Å². The van der Waals surface area contributed by atoms with Crippen LogP contribution in [0.1, 0.15) is 29.8 Å². The van der Waals surface area contributed by atoms with Gasteiger partial charge in [-0.2, -0.15) is 0 Å². The third-order valence-corrected chi connectivity index (χ3v) is 3.30. The SMILES string of the molecule is Cc1cccc(C(=O)N(CCCl)C(C)C)c1Cl. The third-order valence-electron chi connectivity index (χ3n) is 2.63. The first kappa shape index (κ1) is 14.3. The number of rotatable bonds is 4. The lowest BCUT2D eigenvalue weighted by atomic mass is 10.1. The van der Waals surface area contributed by atoms with Crippen molar-refractivity contribution in [2.45, 2.75) is 26.8 Å². The lowest BCUT2D eigenvalue weighted by molar-refractivity contribution is 0.0718. The van der Waals surface area contributed by atoms with Crippen LogP contribution in [0.2, 0.25) is 5.02 Å². The van der Waals surface area contributed by atoms with Gasteiger partial charge >= 0.3 is 0 Å². The van der Waals surface area contributed by atoms with Crippen LogP contribution in [0.3, 0.4) is 0 Å². The van der Waals surface area contributed by atoms with Crippen LogP contribution in [0.4, 0.5) is 0 Å². The molecule has 1 aromatic carbocycles. The molecule has 0 aliphatic heterocycles. The van der Waals surface area contributed by atoms with E-state index in [0.717, 1.165) is 5.56 Å². The Bertz CT molecular complexity index is 404. The molecule has 0 aromatic heterocycles. The Kier molecular flexibility index (Phi) is 5.29. The maximum Gasteiger partial charge on any atom is 0.255 e. The van der Waals surface area contributed by atoms with Crippen LogP contribution in [-0.2, 0) is 0 Å². The highest BCUT2D eigenvalue weighted by Crippen LogP contribution is 2.22. The number of hydrogen-bond donors (Lipinski definition) is 0. The highest BCUT2D eigenvalue weighted by atomic mass is 35.5. The summed E-state index contributed by atoms with van der Waals surface area (Å²) in [5.41, 5.74) is 1.46. The second kappa shape index (κ2) is 6.27. The topological polar surface area (TPSA) is 20.3 Å². The van der Waals surface area contributed by atoms with Gasteiger partial charge in [0.2, 0.25) is 0 Å². The Morgan fingerprint density at radius 3 is 2.59 bits per heavy atom. The highest BCUT2D eigenvalue weighted by Gasteiger charge is 2.20. The normalized spacial score (nSPS) is 10.7. The van der Waals surface area contributed by atoms with Crippen molar-refractivity contribution in [2.24, 2.45) is 0 Å². The zero-order valence-electron chi connectivity index (χ0n) is 10.3. The molecule has 94 valence electrons. The van der Waals surface area contributed by atoms with E-state index in [2.05, 4.69) is 0 Å². The fraction of sp³-hybridized carbons (Fsp3) is 0.462. The van der Waals surface area contributed by atoms with Gasteiger partial charge in [0.25, 0.3) is 5.91 Å². The van der Waals surface area contributed by atoms with Gasteiger partial charge in [-0.15, -0.1) is 11.6 Å². The number of benzene rings is 1. The van der Waals surface area contributed by atoms with Gasteiger partial charge in [0.15, 0.2) is 0 Å². The maximum atomic E-state index is 12.3. The Labute approximate surface area is 113 Å². The summed E-state index contributed by atoms with van der Waals surface area (Å²) in [6.07, 6.45) is 0. The molecule has 0 bridgehead atoms. The summed E-state index contributed by atoms with van der Waals surface area (Å²) in [7, 11) is 0. The minimum atomic E-state index is -0.0608. The summed E-state index contributed by atoms with van der Waals surface area (Å²) >= 11 is 11.9. The Hall–Kier alpha value is -0.730. The number of hydrogen-bond acceptors (Lipinski definition) is 1. The lowest BCUT2D eigenvalue weighted by Gasteiger charge is -2.26. The molecule has 0 saturated carbocycles. The van der Waals surface area contributed by atoms with Crippen molar-refractivity contribution in [2.75, 3.05) is 12.4 Å². The summed E-state index contributed by atoms with van der Waals surface area (Å²) in [5, 5.41) is 0.526. The molecule has 0 radical (unpaired) electrons. The van der Waals surface area contributed by atoms with Crippen LogP contribution in [0.15, 0.2) is 18.2 Å². The van der Waals surface area contributed by atoms with Crippen LogP contribution in [-0.4, -0.2) is 29.3 Å². The van der Waals surface area contributed by atoms with Crippen molar-refractivity contribution >= 4 is 29.1 Å². The number of nitrogens with zero attached hydrogens (tertiary/aromatic N) is 1. The molecule has 0 N–H and O–H groups in total. The molecule has 0 aliphatic rings. The Balaban J connectivity index is 3.05. The van der Waals surface area contributed by atoms with Crippen LogP contribution < -0.4 is 0 Å². The molecular formula is C13H17Cl2NO. The Morgan fingerprint density at radius 2 is 2.06 bits per heavy atom. The van der Waals surface area contributed by atoms with Crippen LogP contribution in [0, 0.1) is 6.92 Å². The maximum absolute atomic E-state index is 12.3. The predicted octanol–water partition coefficient (Wildman–Crippen LogP) is 3.74. The van der Waals surface area contributed by atoms with Gasteiger partial charge in [-0.05, 0) is 32.4 Å². The molecule has 0 aliphatic carbocycles. The van der Waals surface area contributed by atoms with E-state index in [4.69, 9.17) is 23.2 Å². The average Bonchev–Trinajstić information content (AvgIpc) is 2.28. The molecule has 4 heteroatoms. The fourth-order valence-electron chi connectivity index (χ4n) is 1.65. The molecule has 1 aromatic rings. The van der Waals surface area contributed by atoms with Crippen LogP contribution in [0.25, 0.3) is 0 Å². The van der Waals surface area contributed by atoms with Crippen molar-refractivity contribution in [1.82, 2.24) is 4.90 Å². The van der Waals surface area contributed by atoms with Gasteiger partial charge in [-0.3, -0.25) is 4.79 Å². The minimum absolute atomic E-state index is 0.0608. The molecule has 0 atom stereocenters. The van der Waals surface area contributed by atoms with E-state index in [0.29, 0.717) is 23.0 Å². The van der Waals surface area contributed by atoms with E-state index >= 15 is 0 Å². The number of halogens is 2. The molecule has 0 spiro atoms. The summed E-state index contributed by atoms with van der Waals surface area (Å²) in [4.78, 5) is 14.1. The van der Waals surface area contributed by atoms with Gasteiger partial charge in [0.05, 0.1) is 10.6 Å². The Morgan fingerprint density at radius 1 is 1.41 bits per heavy atom. The van der Waals surface area contributed by atoms with Crippen molar-refractivity contribution in [1.29, 1.82) is 0 Å². The minimum Gasteiger partial charge on any atom is -0.335 e. The standard InChI is InChI=1S/C13H17Cl2NO/c1-9(2)16(8-7-14)13(17)11-6-4-5-10(3)12(11)15/h4-6,9H,7-8H2,1-3H3.